The zero-order valence-electron chi connectivity index (χ0n) is 70.5. The Morgan fingerprint density at radius 3 is 1.22 bits per heavy atom. The summed E-state index contributed by atoms with van der Waals surface area (Å²) in [5, 5.41) is 11.3. The van der Waals surface area contributed by atoms with E-state index in [1.165, 1.54) is 27.8 Å². The number of hydrogen-bond acceptors (Lipinski definition) is 20. The van der Waals surface area contributed by atoms with Gasteiger partial charge in [-0.25, -0.2) is 39.9 Å². The van der Waals surface area contributed by atoms with E-state index in [0.717, 1.165) is 164 Å². The van der Waals surface area contributed by atoms with Crippen molar-refractivity contribution >= 4 is 91.0 Å². The predicted octanol–water partition coefficient (Wildman–Crippen LogP) is 18.4. The number of nitrogens with one attached hydrogen (secondary N) is 7. The van der Waals surface area contributed by atoms with Gasteiger partial charge in [0.25, 0.3) is 0 Å². The molecule has 0 bridgehead atoms. The Labute approximate surface area is 736 Å². The molecule has 8 aromatic carbocycles. The molecule has 4 fully saturated rings. The van der Waals surface area contributed by atoms with Gasteiger partial charge in [-0.3, -0.25) is 19.2 Å². The maximum Gasteiger partial charge on any atom is 0.225 e. The second kappa shape index (κ2) is 29.3. The van der Waals surface area contributed by atoms with Crippen molar-refractivity contribution in [2.45, 2.75) is 151 Å². The van der Waals surface area contributed by atoms with Crippen molar-refractivity contribution in [1.29, 1.82) is 0 Å². The molecule has 28 rings (SSSR count). The number of fused-ring (bicyclic) bond motifs is 20. The van der Waals surface area contributed by atoms with E-state index in [0.29, 0.717) is 86.1 Å². The quantitative estimate of drug-likeness (QED) is 0.0597. The minimum atomic E-state index is -0.0158. The molecule has 8 aromatic heterocycles. The number of imidazole rings is 4. The van der Waals surface area contributed by atoms with E-state index in [1.807, 2.05) is 78.9 Å². The second-order valence-electron chi connectivity index (χ2n) is 35.4. The Bertz CT molecular complexity index is 7420. The van der Waals surface area contributed by atoms with Crippen molar-refractivity contribution < 1.29 is 57.1 Å². The van der Waals surface area contributed by atoms with Gasteiger partial charge in [0.15, 0.2) is 11.5 Å². The highest BCUT2D eigenvalue weighted by Crippen LogP contribution is 2.68. The van der Waals surface area contributed by atoms with Gasteiger partial charge in [0, 0.05) is 126 Å². The minimum absolute atomic E-state index is 0.00949. The smallest absolute Gasteiger partial charge is 0.225 e. The third-order valence-electron chi connectivity index (χ3n) is 27.0. The zero-order chi connectivity index (χ0) is 86.5. The number of carbonyl (C=O) groups excluding carboxylic acids is 4. The van der Waals surface area contributed by atoms with Crippen molar-refractivity contribution in [2.24, 2.45) is 7.05 Å². The summed E-state index contributed by atoms with van der Waals surface area (Å²) in [6, 6.07) is 56.5. The third kappa shape index (κ3) is 13.2. The Morgan fingerprint density at radius 2 is 0.744 bits per heavy atom. The van der Waals surface area contributed by atoms with Gasteiger partial charge in [0.2, 0.25) is 23.6 Å². The van der Waals surface area contributed by atoms with Crippen LogP contribution in [0.5, 0.6) is 69.0 Å². The fourth-order valence-corrected chi connectivity index (χ4v) is 20.4. The fourth-order valence-electron chi connectivity index (χ4n) is 20.4. The Balaban J connectivity index is 0.0000000931. The zero-order valence-corrected chi connectivity index (χ0v) is 70.5. The largest absolute Gasteiger partial charge is 0.489 e. The molecule has 8 aliphatic heterocycles. The highest BCUT2D eigenvalue weighted by atomic mass is 16.5. The van der Waals surface area contributed by atoms with Gasteiger partial charge >= 0.3 is 0 Å². The van der Waals surface area contributed by atoms with Crippen LogP contribution in [0.3, 0.4) is 0 Å². The number of aryl methyl sites for hydroxylation is 5. The van der Waals surface area contributed by atoms with E-state index in [4.69, 9.17) is 57.8 Å². The van der Waals surface area contributed by atoms with Crippen molar-refractivity contribution in [1.82, 2.24) is 59.4 Å². The molecule has 12 aliphatic rings. The molecule has 12 unspecified atom stereocenters. The maximum absolute atomic E-state index is 11.7. The number of benzene rings is 8. The summed E-state index contributed by atoms with van der Waals surface area (Å²) >= 11 is 0. The van der Waals surface area contributed by atoms with Gasteiger partial charge in [0.05, 0.1) is 67.8 Å². The first-order chi connectivity index (χ1) is 63.0. The number of ether oxygens (including phenoxy) is 8. The summed E-state index contributed by atoms with van der Waals surface area (Å²) in [5.41, 5.74) is 21.6. The molecule has 28 nitrogen and oxygen atoms in total. The molecule has 129 heavy (non-hydrogen) atoms. The van der Waals surface area contributed by atoms with E-state index in [9.17, 15) is 19.2 Å². The van der Waals surface area contributed by atoms with Crippen LogP contribution in [0.15, 0.2) is 195 Å². The number of nitrogens with zero attached hydrogens (tertiary/aromatic N) is 9. The maximum atomic E-state index is 11.7. The molecule has 16 heterocycles. The molecule has 28 heteroatoms. The molecule has 4 aliphatic carbocycles. The van der Waals surface area contributed by atoms with Crippen molar-refractivity contribution in [3.8, 4) is 69.0 Å². The van der Waals surface area contributed by atoms with E-state index < -0.39 is 0 Å². The van der Waals surface area contributed by atoms with Gasteiger partial charge in [-0.15, -0.1) is 0 Å². The van der Waals surface area contributed by atoms with Crippen LogP contribution in [0.25, 0.3) is 44.1 Å². The standard InChI is InChI=1S/C26H22N4O3.3C25H20N4O3/c1-13-3-6-18-17(11-13)28-26(30(18)2)23-22-16-12-14(4-7-19(16)33-24(22)23)32-20-9-10-27-25-15(20)5-8-21(31)29-25;1-12-2-5-16-17(10-12)28-25(27-16)22-21-15-11-13(3-6-18(15)32-23(21)22)31-19-8-9-26-24-14(19)4-7-20(30)29-24;1-12-5-7-15-16(11-12)28-25(27-15)21-20-14-3-2-4-18(22(14)32-23(20)21)31-17-9-10-26-24-13(17)6-8-19(30)29-24;1-12-3-2-4-16-22(12)29-25(27-16)21-20-15-11-13(5-7-17(15)32-23(20)21)31-18-9-10-26-24-14(18)6-8-19(30)28-24/h3-4,6-7,9-12,22-24H,5,8H2,1-2H3,(H,27,29,31);2-3,5-6,8-11,21-23H,4,7H2,1H3,(H,27,28)(H,26,29,30);2-5,7,9-11,20-21,23H,6,8H2,1H3,(H,27,28)(H,26,29,30);2-5,7,9-11,20-21,23H,6,8H2,1H3,(H,27,29)(H,26,28,30). The molecule has 4 saturated carbocycles. The lowest BCUT2D eigenvalue weighted by Gasteiger charge is -2.20. The summed E-state index contributed by atoms with van der Waals surface area (Å²) in [6.45, 7) is 8.34. The highest BCUT2D eigenvalue weighted by Gasteiger charge is 2.65. The lowest BCUT2D eigenvalue weighted by Crippen LogP contribution is -2.20. The fraction of sp³-hybridized carbons (Fsp3) is 0.248. The van der Waals surface area contributed by atoms with Gasteiger partial charge < -0.3 is 78.7 Å². The van der Waals surface area contributed by atoms with Gasteiger partial charge in [-0.2, -0.15) is 0 Å². The number of carbonyl (C=O) groups is 4. The van der Waals surface area contributed by atoms with Crippen LogP contribution in [0.1, 0.15) is 163 Å². The number of pyridine rings is 4. The molecule has 7 N–H and O–H groups in total. The van der Waals surface area contributed by atoms with E-state index in [2.05, 4.69) is 186 Å². The molecular formula is C101H82N16O12. The van der Waals surface area contributed by atoms with E-state index >= 15 is 0 Å². The normalized spacial score (nSPS) is 22.5. The van der Waals surface area contributed by atoms with E-state index in [-0.39, 0.29) is 95.4 Å². The number of amides is 4. The van der Waals surface area contributed by atoms with Crippen LogP contribution < -0.4 is 59.2 Å². The topological polar surface area (TPSA) is 346 Å². The number of aromatic amines is 3. The molecule has 16 aromatic rings. The number of H-pyrrole nitrogens is 3. The van der Waals surface area contributed by atoms with Gasteiger partial charge in [0.1, 0.15) is 128 Å². The van der Waals surface area contributed by atoms with Crippen molar-refractivity contribution in [2.75, 3.05) is 21.3 Å². The molecule has 12 atom stereocenters. The molecule has 0 radical (unpaired) electrons. The Kier molecular flexibility index (Phi) is 17.3. The average molecular weight is 1710 g/mol. The minimum Gasteiger partial charge on any atom is -0.489 e. The summed E-state index contributed by atoms with van der Waals surface area (Å²) < 4.78 is 52.3. The van der Waals surface area contributed by atoms with Gasteiger partial charge in [-0.05, 0) is 203 Å². The Morgan fingerprint density at radius 1 is 0.341 bits per heavy atom. The first-order valence-electron chi connectivity index (χ1n) is 43.9. The first-order valence-corrected chi connectivity index (χ1v) is 43.9. The number of hydrogen-bond donors (Lipinski definition) is 7. The second-order valence-corrected chi connectivity index (χ2v) is 35.4. The SMILES string of the molecule is Cc1ccc2c(c1)nc(C1C3Oc4ccc(Oc5ccnc6c5CCC(=O)N6)cc4C31)n2C.Cc1ccc2nc(C3C4Oc5c(Oc6ccnc7c6CCC(=O)N7)cccc5C43)[nH]c2c1.Cc1ccc2nc(C3C4Oc5ccc(Oc6ccnc7c6CCC(=O)N7)cc5C43)[nH]c2c1.Cc1cccc2[nH]c(C3C4Oc5ccc(Oc6ccnc7c6CCC(=O)N7)cc5C43)nc12. The van der Waals surface area contributed by atoms with Gasteiger partial charge in [-0.1, -0.05) is 42.5 Å². The molecule has 0 saturated heterocycles. The molecule has 4 amide bonds. The van der Waals surface area contributed by atoms with E-state index in [1.54, 1.807) is 24.8 Å². The highest BCUT2D eigenvalue weighted by molar-refractivity contribution is 5.96. The summed E-state index contributed by atoms with van der Waals surface area (Å²) in [7, 11) is 2.08. The number of aromatic nitrogens is 12. The number of anilines is 4. The van der Waals surface area contributed by atoms with Crippen molar-refractivity contribution in [3.05, 3.63) is 285 Å². The monoisotopic (exact) mass is 1710 g/mol. The Hall–Kier alpha value is -15.5. The first kappa shape index (κ1) is 76.0. The van der Waals surface area contributed by atoms with Crippen molar-refractivity contribution in [3.63, 3.8) is 0 Å². The molecule has 0 spiro atoms. The number of rotatable bonds is 12. The predicted molar refractivity (Wildman–Crippen MR) is 478 cm³/mol. The van der Waals surface area contributed by atoms with Crippen LogP contribution in [-0.4, -0.2) is 107 Å². The van der Waals surface area contributed by atoms with Crippen LogP contribution in [-0.2, 0) is 51.9 Å². The molecule has 638 valence electrons. The van der Waals surface area contributed by atoms with Crippen LogP contribution >= 0.6 is 0 Å². The average Bonchev–Trinajstić information content (AvgIpc) is 1.56. The lowest BCUT2D eigenvalue weighted by molar-refractivity contribution is -0.117. The lowest BCUT2D eigenvalue weighted by atomic mass is 10.1. The summed E-state index contributed by atoms with van der Waals surface area (Å²) in [4.78, 5) is 93.7. The molecular weight excluding hydrogens is 1630 g/mol. The van der Waals surface area contributed by atoms with Crippen LogP contribution in [0, 0.1) is 27.7 Å². The number of para-hydroxylation sites is 2. The van der Waals surface area contributed by atoms with Crippen LogP contribution in [0.4, 0.5) is 23.3 Å². The summed E-state index contributed by atoms with van der Waals surface area (Å²) in [5.74, 6) is 17.8. The summed E-state index contributed by atoms with van der Waals surface area (Å²) in [6.07, 6.45) is 11.3. The van der Waals surface area contributed by atoms with Crippen LogP contribution in [0.2, 0.25) is 0 Å². The third-order valence-corrected chi connectivity index (χ3v) is 27.0.